The minimum atomic E-state index is -0.841. The number of carboxylic acids is 1. The number of hydrogen-bond acceptors (Lipinski definition) is 3. The van der Waals surface area contributed by atoms with E-state index in [0.29, 0.717) is 18.9 Å². The zero-order valence-corrected chi connectivity index (χ0v) is 10.6. The molecular formula is C12H22N2O3. The van der Waals surface area contributed by atoms with Crippen molar-refractivity contribution >= 4 is 11.9 Å². The Morgan fingerprint density at radius 1 is 1.59 bits per heavy atom. The van der Waals surface area contributed by atoms with Gasteiger partial charge in [-0.15, -0.1) is 0 Å². The predicted molar refractivity (Wildman–Crippen MR) is 64.7 cm³/mol. The Hall–Kier alpha value is -1.10. The van der Waals surface area contributed by atoms with Crippen LogP contribution in [0.5, 0.6) is 0 Å². The topological polar surface area (TPSA) is 69.6 Å². The van der Waals surface area contributed by atoms with Crippen LogP contribution in [0.15, 0.2) is 0 Å². The van der Waals surface area contributed by atoms with E-state index < -0.39 is 5.97 Å². The summed E-state index contributed by atoms with van der Waals surface area (Å²) < 4.78 is 0. The number of nitrogens with one attached hydrogen (secondary N) is 1. The minimum absolute atomic E-state index is 0.0237. The zero-order chi connectivity index (χ0) is 12.8. The molecule has 1 aliphatic rings. The van der Waals surface area contributed by atoms with E-state index in [-0.39, 0.29) is 18.4 Å². The highest BCUT2D eigenvalue weighted by Gasteiger charge is 2.28. The number of rotatable bonds is 5. The molecule has 1 saturated heterocycles. The predicted octanol–water partition coefficient (Wildman–Crippen LogP) is 0.698. The third-order valence-electron chi connectivity index (χ3n) is 2.90. The quantitative estimate of drug-likeness (QED) is 0.744. The molecule has 5 heteroatoms. The average Bonchev–Trinajstić information content (AvgIpc) is 2.37. The van der Waals surface area contributed by atoms with Crippen LogP contribution in [-0.2, 0) is 9.59 Å². The lowest BCUT2D eigenvalue weighted by atomic mass is 10.1. The van der Waals surface area contributed by atoms with Crippen LogP contribution >= 0.6 is 0 Å². The van der Waals surface area contributed by atoms with Crippen molar-refractivity contribution in [2.75, 3.05) is 19.6 Å². The third-order valence-corrected chi connectivity index (χ3v) is 2.90. The fraction of sp³-hybridized carbons (Fsp3) is 0.833. The molecule has 0 aromatic heterocycles. The van der Waals surface area contributed by atoms with Crippen LogP contribution in [0.3, 0.4) is 0 Å². The molecule has 0 spiro atoms. The van der Waals surface area contributed by atoms with E-state index in [1.54, 1.807) is 0 Å². The standard InChI is InChI=1S/C12H22N2O3/c1-9(2)8-14-7-3-6-13-12(17)10(14)4-5-11(15)16/h9-10H,3-8H2,1-2H3,(H,13,17)(H,15,16). The summed E-state index contributed by atoms with van der Waals surface area (Å²) in [7, 11) is 0. The Balaban J connectivity index is 2.65. The highest BCUT2D eigenvalue weighted by Crippen LogP contribution is 2.13. The molecule has 0 radical (unpaired) electrons. The molecule has 5 nitrogen and oxygen atoms in total. The van der Waals surface area contributed by atoms with Crippen molar-refractivity contribution in [3.8, 4) is 0 Å². The van der Waals surface area contributed by atoms with Crippen molar-refractivity contribution < 1.29 is 14.7 Å². The summed E-state index contributed by atoms with van der Waals surface area (Å²) in [4.78, 5) is 24.6. The van der Waals surface area contributed by atoms with Crippen molar-refractivity contribution in [1.82, 2.24) is 10.2 Å². The molecule has 1 fully saturated rings. The fourth-order valence-electron chi connectivity index (χ4n) is 2.19. The highest BCUT2D eigenvalue weighted by molar-refractivity contribution is 5.82. The van der Waals surface area contributed by atoms with Gasteiger partial charge in [-0.05, 0) is 18.8 Å². The van der Waals surface area contributed by atoms with Crippen LogP contribution in [-0.4, -0.2) is 47.6 Å². The Labute approximate surface area is 102 Å². The van der Waals surface area contributed by atoms with Gasteiger partial charge in [-0.3, -0.25) is 14.5 Å². The Morgan fingerprint density at radius 3 is 2.88 bits per heavy atom. The smallest absolute Gasteiger partial charge is 0.303 e. The van der Waals surface area contributed by atoms with Gasteiger partial charge in [0.1, 0.15) is 0 Å². The van der Waals surface area contributed by atoms with Gasteiger partial charge in [-0.2, -0.15) is 0 Å². The summed E-state index contributed by atoms with van der Waals surface area (Å²) in [6.45, 7) is 6.62. The van der Waals surface area contributed by atoms with Crippen molar-refractivity contribution in [3.05, 3.63) is 0 Å². The lowest BCUT2D eigenvalue weighted by Gasteiger charge is -2.29. The van der Waals surface area contributed by atoms with Gasteiger partial charge in [0.25, 0.3) is 0 Å². The molecular weight excluding hydrogens is 220 g/mol. The lowest BCUT2D eigenvalue weighted by Crippen LogP contribution is -2.45. The van der Waals surface area contributed by atoms with E-state index in [2.05, 4.69) is 24.1 Å². The van der Waals surface area contributed by atoms with Gasteiger partial charge in [0.15, 0.2) is 0 Å². The van der Waals surface area contributed by atoms with Crippen molar-refractivity contribution in [1.29, 1.82) is 0 Å². The Bertz CT molecular complexity index is 279. The van der Waals surface area contributed by atoms with Crippen LogP contribution in [0.25, 0.3) is 0 Å². The van der Waals surface area contributed by atoms with E-state index in [0.717, 1.165) is 19.5 Å². The molecule has 1 atom stereocenters. The molecule has 0 aromatic rings. The molecule has 1 amide bonds. The number of aliphatic carboxylic acids is 1. The minimum Gasteiger partial charge on any atom is -0.481 e. The summed E-state index contributed by atoms with van der Waals surface area (Å²) in [6.07, 6.45) is 1.38. The second kappa shape index (κ2) is 6.59. The van der Waals surface area contributed by atoms with Crippen molar-refractivity contribution in [2.24, 2.45) is 5.92 Å². The third kappa shape index (κ3) is 4.73. The van der Waals surface area contributed by atoms with Gasteiger partial charge in [0.05, 0.1) is 6.04 Å². The normalized spacial score (nSPS) is 22.3. The number of carbonyl (C=O) groups is 2. The largest absolute Gasteiger partial charge is 0.481 e. The van der Waals surface area contributed by atoms with Crippen LogP contribution < -0.4 is 5.32 Å². The van der Waals surface area contributed by atoms with Crippen molar-refractivity contribution in [2.45, 2.75) is 39.2 Å². The second-order valence-electron chi connectivity index (χ2n) is 4.98. The summed E-state index contributed by atoms with van der Waals surface area (Å²) in [5.41, 5.74) is 0. The lowest BCUT2D eigenvalue weighted by molar-refractivity contribution is -0.137. The fourth-order valence-corrected chi connectivity index (χ4v) is 2.19. The van der Waals surface area contributed by atoms with Gasteiger partial charge in [-0.25, -0.2) is 0 Å². The number of hydrogen-bond donors (Lipinski definition) is 2. The van der Waals surface area contributed by atoms with Gasteiger partial charge in [-0.1, -0.05) is 13.8 Å². The zero-order valence-electron chi connectivity index (χ0n) is 10.6. The van der Waals surface area contributed by atoms with E-state index in [1.807, 2.05) is 0 Å². The molecule has 1 rings (SSSR count). The Morgan fingerprint density at radius 2 is 2.29 bits per heavy atom. The van der Waals surface area contributed by atoms with Crippen LogP contribution in [0.2, 0.25) is 0 Å². The van der Waals surface area contributed by atoms with Crippen molar-refractivity contribution in [3.63, 3.8) is 0 Å². The molecule has 0 aliphatic carbocycles. The van der Waals surface area contributed by atoms with E-state index >= 15 is 0 Å². The molecule has 17 heavy (non-hydrogen) atoms. The molecule has 98 valence electrons. The number of carboxylic acid groups (broad SMARTS) is 1. The number of carbonyl (C=O) groups excluding carboxylic acids is 1. The molecule has 1 unspecified atom stereocenters. The molecule has 2 N–H and O–H groups in total. The van der Waals surface area contributed by atoms with Crippen LogP contribution in [0.1, 0.15) is 33.1 Å². The first-order chi connectivity index (χ1) is 8.00. The molecule has 0 aromatic carbocycles. The van der Waals surface area contributed by atoms with Gasteiger partial charge >= 0.3 is 5.97 Å². The summed E-state index contributed by atoms with van der Waals surface area (Å²) in [6, 6.07) is -0.281. The first-order valence-corrected chi connectivity index (χ1v) is 6.24. The first kappa shape index (κ1) is 14.0. The van der Waals surface area contributed by atoms with Gasteiger partial charge in [0, 0.05) is 26.1 Å². The molecule has 1 aliphatic heterocycles. The maximum absolute atomic E-state index is 11.9. The average molecular weight is 242 g/mol. The number of nitrogens with zero attached hydrogens (tertiary/aromatic N) is 1. The van der Waals surface area contributed by atoms with Gasteiger partial charge < -0.3 is 10.4 Å². The summed E-state index contributed by atoms with van der Waals surface area (Å²) >= 11 is 0. The highest BCUT2D eigenvalue weighted by atomic mass is 16.4. The Kier molecular flexibility index (Phi) is 5.41. The van der Waals surface area contributed by atoms with E-state index in [4.69, 9.17) is 5.11 Å². The van der Waals surface area contributed by atoms with E-state index in [9.17, 15) is 9.59 Å². The molecule has 0 bridgehead atoms. The summed E-state index contributed by atoms with van der Waals surface area (Å²) in [5, 5.41) is 11.6. The maximum atomic E-state index is 11.9. The molecule has 1 heterocycles. The monoisotopic (exact) mass is 242 g/mol. The maximum Gasteiger partial charge on any atom is 0.303 e. The second-order valence-corrected chi connectivity index (χ2v) is 4.98. The van der Waals surface area contributed by atoms with Crippen LogP contribution in [0, 0.1) is 5.92 Å². The van der Waals surface area contributed by atoms with Gasteiger partial charge in [0.2, 0.25) is 5.91 Å². The SMILES string of the molecule is CC(C)CN1CCCNC(=O)C1CCC(=O)O. The molecule has 0 saturated carbocycles. The summed E-state index contributed by atoms with van der Waals surface area (Å²) in [5.74, 6) is -0.385. The van der Waals surface area contributed by atoms with Crippen LogP contribution in [0.4, 0.5) is 0 Å². The van der Waals surface area contributed by atoms with E-state index in [1.165, 1.54) is 0 Å². The number of amides is 1. The first-order valence-electron chi connectivity index (χ1n) is 6.24.